The molecule has 1 aliphatic rings. The van der Waals surface area contributed by atoms with Crippen molar-refractivity contribution in [2.45, 2.75) is 42.9 Å². The third-order valence-electron chi connectivity index (χ3n) is 3.84. The molecule has 1 N–H and O–H groups in total. The summed E-state index contributed by atoms with van der Waals surface area (Å²) in [6, 6.07) is 3.44. The zero-order valence-electron chi connectivity index (χ0n) is 11.7. The van der Waals surface area contributed by atoms with Gasteiger partial charge >= 0.3 is 0 Å². The van der Waals surface area contributed by atoms with Gasteiger partial charge in [-0.15, -0.1) is 11.6 Å². The van der Waals surface area contributed by atoms with E-state index in [-0.39, 0.29) is 10.3 Å². The van der Waals surface area contributed by atoms with E-state index in [0.717, 1.165) is 35.7 Å². The average molecular weight is 460 g/mol. The van der Waals surface area contributed by atoms with E-state index < -0.39 is 10.0 Å². The molecule has 0 radical (unpaired) electrons. The van der Waals surface area contributed by atoms with E-state index in [4.69, 9.17) is 11.6 Å². The van der Waals surface area contributed by atoms with Gasteiger partial charge < -0.3 is 0 Å². The lowest BCUT2D eigenvalue weighted by Crippen LogP contribution is -2.31. The Kier molecular flexibility index (Phi) is 6.16. The minimum Gasteiger partial charge on any atom is -0.211 e. The summed E-state index contributed by atoms with van der Waals surface area (Å²) in [7, 11) is -3.50. The number of alkyl halides is 1. The molecule has 0 aromatic heterocycles. The van der Waals surface area contributed by atoms with E-state index in [2.05, 4.69) is 36.6 Å². The Morgan fingerprint density at radius 1 is 1.19 bits per heavy atom. The molecule has 1 fully saturated rings. The Bertz CT molecular complexity index is 614. The van der Waals surface area contributed by atoms with Crippen LogP contribution < -0.4 is 4.72 Å². The molecule has 0 aliphatic heterocycles. The van der Waals surface area contributed by atoms with Crippen LogP contribution in [0.2, 0.25) is 0 Å². The van der Waals surface area contributed by atoms with E-state index in [1.165, 1.54) is 0 Å². The van der Waals surface area contributed by atoms with Crippen LogP contribution in [0, 0.1) is 12.8 Å². The predicted octanol–water partition coefficient (Wildman–Crippen LogP) is 4.60. The van der Waals surface area contributed by atoms with Gasteiger partial charge in [0.25, 0.3) is 0 Å². The number of nitrogens with one attached hydrogen (secondary N) is 1. The Hall–Kier alpha value is 0.380. The Morgan fingerprint density at radius 2 is 1.81 bits per heavy atom. The first-order chi connectivity index (χ1) is 9.79. The molecule has 0 bridgehead atoms. The molecule has 118 valence electrons. The van der Waals surface area contributed by atoms with Crippen molar-refractivity contribution in [1.29, 1.82) is 0 Å². The van der Waals surface area contributed by atoms with Crippen LogP contribution >= 0.6 is 43.5 Å². The van der Waals surface area contributed by atoms with Gasteiger partial charge in [-0.2, -0.15) is 0 Å². The summed E-state index contributed by atoms with van der Waals surface area (Å²) >= 11 is 12.8. The fraction of sp³-hybridized carbons (Fsp3) is 0.571. The van der Waals surface area contributed by atoms with Crippen molar-refractivity contribution in [3.8, 4) is 0 Å². The van der Waals surface area contributed by atoms with Crippen LogP contribution in [0.1, 0.15) is 31.2 Å². The highest BCUT2D eigenvalue weighted by Crippen LogP contribution is 2.30. The zero-order valence-corrected chi connectivity index (χ0v) is 16.4. The topological polar surface area (TPSA) is 46.2 Å². The van der Waals surface area contributed by atoms with Crippen LogP contribution in [0.5, 0.6) is 0 Å². The van der Waals surface area contributed by atoms with Gasteiger partial charge in [-0.3, -0.25) is 0 Å². The van der Waals surface area contributed by atoms with Crippen molar-refractivity contribution < 1.29 is 8.42 Å². The van der Waals surface area contributed by atoms with Gasteiger partial charge in [-0.05, 0) is 72.2 Å². The first-order valence-electron chi connectivity index (χ1n) is 6.89. The Balaban J connectivity index is 2.07. The molecule has 0 unspecified atom stereocenters. The number of benzene rings is 1. The molecule has 0 atom stereocenters. The van der Waals surface area contributed by atoms with Crippen molar-refractivity contribution in [3.63, 3.8) is 0 Å². The summed E-state index contributed by atoms with van der Waals surface area (Å²) in [6.07, 6.45) is 3.90. The maximum absolute atomic E-state index is 12.4. The van der Waals surface area contributed by atoms with Crippen LogP contribution in [-0.2, 0) is 10.0 Å². The van der Waals surface area contributed by atoms with Crippen molar-refractivity contribution in [2.75, 3.05) is 6.54 Å². The van der Waals surface area contributed by atoms with Gasteiger partial charge in [-0.25, -0.2) is 13.1 Å². The molecule has 7 heteroatoms. The van der Waals surface area contributed by atoms with E-state index >= 15 is 0 Å². The number of aryl methyl sites for hydroxylation is 1. The molecule has 0 spiro atoms. The van der Waals surface area contributed by atoms with Gasteiger partial charge in [0.2, 0.25) is 10.0 Å². The van der Waals surface area contributed by atoms with Crippen molar-refractivity contribution in [2.24, 2.45) is 5.92 Å². The maximum Gasteiger partial charge on any atom is 0.241 e. The zero-order chi connectivity index (χ0) is 15.6. The molecule has 1 saturated carbocycles. The quantitative estimate of drug-likeness (QED) is 0.669. The Labute approximate surface area is 148 Å². The number of halogens is 3. The lowest BCUT2D eigenvalue weighted by molar-refractivity contribution is 0.361. The largest absolute Gasteiger partial charge is 0.241 e. The van der Waals surface area contributed by atoms with Crippen LogP contribution in [0.25, 0.3) is 0 Å². The first-order valence-corrected chi connectivity index (χ1v) is 10.4. The maximum atomic E-state index is 12.4. The SMILES string of the molecule is Cc1cc(Br)c(S(=O)(=O)NCC2CCC(Cl)CC2)cc1Br. The number of hydrogen-bond acceptors (Lipinski definition) is 2. The standard InChI is InChI=1S/C14H18Br2ClNO2S/c1-9-6-13(16)14(7-12(9)15)21(19,20)18-8-10-2-4-11(17)5-3-10/h6-7,10-11,18H,2-5,8H2,1H3. The minimum absolute atomic E-state index is 0.250. The summed E-state index contributed by atoms with van der Waals surface area (Å²) in [4.78, 5) is 0.269. The van der Waals surface area contributed by atoms with Crippen LogP contribution in [0.4, 0.5) is 0 Å². The number of sulfonamides is 1. The summed E-state index contributed by atoms with van der Waals surface area (Å²) in [6.45, 7) is 2.40. The molecular weight excluding hydrogens is 441 g/mol. The van der Waals surface area contributed by atoms with E-state index in [1.54, 1.807) is 12.1 Å². The monoisotopic (exact) mass is 457 g/mol. The van der Waals surface area contributed by atoms with E-state index in [1.807, 2.05) is 6.92 Å². The predicted molar refractivity (Wildman–Crippen MR) is 93.4 cm³/mol. The summed E-state index contributed by atoms with van der Waals surface area (Å²) in [5, 5.41) is 0.250. The van der Waals surface area contributed by atoms with E-state index in [9.17, 15) is 8.42 Å². The lowest BCUT2D eigenvalue weighted by Gasteiger charge is -2.25. The van der Waals surface area contributed by atoms with E-state index in [0.29, 0.717) is 16.9 Å². The van der Waals surface area contributed by atoms with Crippen LogP contribution in [0.15, 0.2) is 26.0 Å². The van der Waals surface area contributed by atoms with Crippen LogP contribution in [0.3, 0.4) is 0 Å². The molecular formula is C14H18Br2ClNO2S. The van der Waals surface area contributed by atoms with Gasteiger partial charge in [0.15, 0.2) is 0 Å². The highest BCUT2D eigenvalue weighted by Gasteiger charge is 2.23. The first kappa shape index (κ1) is 17.7. The second-order valence-corrected chi connectivity index (χ2v) is 9.56. The van der Waals surface area contributed by atoms with Crippen molar-refractivity contribution in [3.05, 3.63) is 26.6 Å². The average Bonchev–Trinajstić information content (AvgIpc) is 2.42. The molecule has 21 heavy (non-hydrogen) atoms. The molecule has 3 nitrogen and oxygen atoms in total. The second-order valence-electron chi connectivity index (χ2n) is 5.50. The molecule has 1 aromatic rings. The van der Waals surface area contributed by atoms with Gasteiger partial charge in [0.1, 0.15) is 0 Å². The van der Waals surface area contributed by atoms with Crippen molar-refractivity contribution >= 4 is 53.5 Å². The fourth-order valence-corrected chi connectivity index (χ4v) is 5.51. The smallest absolute Gasteiger partial charge is 0.211 e. The third kappa shape index (κ3) is 4.67. The fourth-order valence-electron chi connectivity index (χ4n) is 2.47. The van der Waals surface area contributed by atoms with Gasteiger partial charge in [0, 0.05) is 20.9 Å². The number of hydrogen-bond donors (Lipinski definition) is 1. The summed E-state index contributed by atoms with van der Waals surface area (Å²) in [5.41, 5.74) is 0.987. The molecule has 2 rings (SSSR count). The molecule has 0 heterocycles. The normalized spacial score (nSPS) is 23.2. The molecule has 0 saturated heterocycles. The summed E-state index contributed by atoms with van der Waals surface area (Å²) < 4.78 is 29.0. The highest BCUT2D eigenvalue weighted by atomic mass is 79.9. The lowest BCUT2D eigenvalue weighted by atomic mass is 9.89. The summed E-state index contributed by atoms with van der Waals surface area (Å²) in [5.74, 6) is 0.377. The third-order valence-corrected chi connectivity index (χ3v) is 7.51. The van der Waals surface area contributed by atoms with Crippen molar-refractivity contribution in [1.82, 2.24) is 4.72 Å². The highest BCUT2D eigenvalue weighted by molar-refractivity contribution is 9.11. The molecule has 1 aliphatic carbocycles. The van der Waals surface area contributed by atoms with Gasteiger partial charge in [0.05, 0.1) is 4.90 Å². The number of rotatable bonds is 4. The minimum atomic E-state index is -3.50. The Morgan fingerprint density at radius 3 is 2.43 bits per heavy atom. The van der Waals surface area contributed by atoms with Crippen LogP contribution in [-0.4, -0.2) is 20.3 Å². The molecule has 1 aromatic carbocycles. The second kappa shape index (κ2) is 7.30. The molecule has 0 amide bonds. The van der Waals surface area contributed by atoms with Gasteiger partial charge in [-0.1, -0.05) is 15.9 Å².